The van der Waals surface area contributed by atoms with Crippen LogP contribution in [0.2, 0.25) is 0 Å². The second kappa shape index (κ2) is 14.4. The van der Waals surface area contributed by atoms with Gasteiger partial charge in [-0.2, -0.15) is 5.10 Å². The summed E-state index contributed by atoms with van der Waals surface area (Å²) >= 11 is 1.33. The Hall–Kier alpha value is -5.36. The number of hydrogen-bond donors (Lipinski definition) is 4. The van der Waals surface area contributed by atoms with Crippen molar-refractivity contribution < 1.29 is 19.8 Å². The maximum Gasteiger partial charge on any atom is 0.321 e. The molecule has 11 heteroatoms. The fraction of sp³-hybridized carbons (Fsp3) is 0.211. The van der Waals surface area contributed by atoms with E-state index in [0.29, 0.717) is 29.1 Å². The second-order valence-electron chi connectivity index (χ2n) is 12.3. The summed E-state index contributed by atoms with van der Waals surface area (Å²) in [7, 11) is 0. The van der Waals surface area contributed by atoms with Crippen LogP contribution in [0.3, 0.4) is 0 Å². The Morgan fingerprint density at radius 2 is 1.39 bits per heavy atom. The summed E-state index contributed by atoms with van der Waals surface area (Å²) in [5.41, 5.74) is 4.74. The maximum absolute atomic E-state index is 15.0. The van der Waals surface area contributed by atoms with E-state index < -0.39 is 24.3 Å². The van der Waals surface area contributed by atoms with Crippen LogP contribution in [0.15, 0.2) is 121 Å². The average molecular weight is 673 g/mol. The van der Waals surface area contributed by atoms with Gasteiger partial charge < -0.3 is 20.0 Å². The first-order valence-corrected chi connectivity index (χ1v) is 17.0. The van der Waals surface area contributed by atoms with Crippen LogP contribution in [0.4, 0.5) is 9.93 Å². The minimum atomic E-state index is -1.27. The SMILES string of the molecule is O=C(Nc1nccs1)c1cccc(CN2C(=O)N(Cc3ccc4[nH]ncc4c3)[C@H](Cc3ccccc3)[C@H](O)[C@@H](O)[C@H]2Cc2ccccc2)c1. The van der Waals surface area contributed by atoms with Crippen molar-refractivity contribution in [1.82, 2.24) is 25.0 Å². The lowest BCUT2D eigenvalue weighted by Crippen LogP contribution is -2.50. The van der Waals surface area contributed by atoms with Crippen molar-refractivity contribution in [3.05, 3.63) is 149 Å². The van der Waals surface area contributed by atoms with Gasteiger partial charge in [0.05, 0.1) is 23.8 Å². The predicted molar refractivity (Wildman–Crippen MR) is 189 cm³/mol. The van der Waals surface area contributed by atoms with Crippen LogP contribution in [0.1, 0.15) is 32.6 Å². The van der Waals surface area contributed by atoms with Gasteiger partial charge in [-0.3, -0.25) is 15.2 Å². The molecular weight excluding hydrogens is 637 g/mol. The lowest BCUT2D eigenvalue weighted by atomic mass is 9.91. The molecule has 0 spiro atoms. The number of thiazole rings is 1. The summed E-state index contributed by atoms with van der Waals surface area (Å²) in [6.45, 7) is 0.305. The summed E-state index contributed by atoms with van der Waals surface area (Å²) < 4.78 is 0. The van der Waals surface area contributed by atoms with Gasteiger partial charge >= 0.3 is 6.03 Å². The summed E-state index contributed by atoms with van der Waals surface area (Å²) in [6, 6.07) is 30.5. The maximum atomic E-state index is 15.0. The molecule has 10 nitrogen and oxygen atoms in total. The van der Waals surface area contributed by atoms with Crippen molar-refractivity contribution in [3.8, 4) is 0 Å². The minimum absolute atomic E-state index is 0.105. The highest BCUT2D eigenvalue weighted by Gasteiger charge is 2.46. The topological polar surface area (TPSA) is 135 Å². The van der Waals surface area contributed by atoms with E-state index in [1.165, 1.54) is 11.3 Å². The van der Waals surface area contributed by atoms with E-state index in [0.717, 1.165) is 27.6 Å². The van der Waals surface area contributed by atoms with E-state index in [9.17, 15) is 15.0 Å². The molecule has 1 aliphatic heterocycles. The van der Waals surface area contributed by atoms with Crippen LogP contribution >= 0.6 is 11.3 Å². The van der Waals surface area contributed by atoms with E-state index in [2.05, 4.69) is 20.5 Å². The fourth-order valence-corrected chi connectivity index (χ4v) is 7.09. The van der Waals surface area contributed by atoms with Gasteiger partial charge in [-0.15, -0.1) is 11.3 Å². The number of aliphatic hydroxyl groups excluding tert-OH is 2. The molecule has 0 bridgehead atoms. The number of aromatic nitrogens is 3. The third-order valence-corrected chi connectivity index (χ3v) is 9.75. The van der Waals surface area contributed by atoms with Gasteiger partial charge in [-0.05, 0) is 59.4 Å². The van der Waals surface area contributed by atoms with Gasteiger partial charge in [0.2, 0.25) is 0 Å². The molecule has 1 saturated heterocycles. The number of carbonyl (C=O) groups is 2. The Morgan fingerprint density at radius 3 is 2.00 bits per heavy atom. The van der Waals surface area contributed by atoms with E-state index in [1.807, 2.05) is 84.9 Å². The molecule has 248 valence electrons. The average Bonchev–Trinajstić information content (AvgIpc) is 3.82. The normalized spacial score (nSPS) is 19.6. The highest BCUT2D eigenvalue weighted by molar-refractivity contribution is 7.13. The number of rotatable bonds is 10. The zero-order valence-electron chi connectivity index (χ0n) is 26.6. The Balaban J connectivity index is 1.28. The number of nitrogens with zero attached hydrogens (tertiary/aromatic N) is 4. The van der Waals surface area contributed by atoms with E-state index in [-0.39, 0.29) is 25.0 Å². The zero-order chi connectivity index (χ0) is 33.7. The number of anilines is 1. The summed E-state index contributed by atoms with van der Waals surface area (Å²) in [4.78, 5) is 35.6. The number of benzene rings is 4. The predicted octanol–water partition coefficient (Wildman–Crippen LogP) is 5.65. The van der Waals surface area contributed by atoms with E-state index in [4.69, 9.17) is 0 Å². The van der Waals surface area contributed by atoms with Crippen LogP contribution < -0.4 is 5.32 Å². The number of urea groups is 1. The number of aliphatic hydroxyl groups is 2. The third kappa shape index (κ3) is 7.24. The summed E-state index contributed by atoms with van der Waals surface area (Å²) in [6.07, 6.45) is 1.51. The summed E-state index contributed by atoms with van der Waals surface area (Å²) in [5, 5.41) is 37.1. The lowest BCUT2D eigenvalue weighted by Gasteiger charge is -2.36. The van der Waals surface area contributed by atoms with Crippen LogP contribution in [0, 0.1) is 0 Å². The van der Waals surface area contributed by atoms with Crippen LogP contribution in [0.5, 0.6) is 0 Å². The van der Waals surface area contributed by atoms with Crippen molar-refractivity contribution >= 4 is 39.3 Å². The van der Waals surface area contributed by atoms with Crippen molar-refractivity contribution in [3.63, 3.8) is 0 Å². The molecule has 3 amide bonds. The standard InChI is InChI=1S/C38H36N6O4S/c45-34-32(20-25-8-3-1-4-9-25)43(23-27-12-7-13-29(18-27)36(47)41-37-39-16-17-49-37)38(48)44(24-28-14-15-31-30(19-28)22-40-42-31)33(35(34)46)21-26-10-5-2-6-11-26/h1-19,22,32-35,45-46H,20-21,23-24H2,(H,40,42)(H,39,41,47)/t32-,33-,34+,35+/m1/s1. The van der Waals surface area contributed by atoms with Crippen LogP contribution in [-0.2, 0) is 25.9 Å². The lowest BCUT2D eigenvalue weighted by molar-refractivity contribution is -0.0408. The highest BCUT2D eigenvalue weighted by Crippen LogP contribution is 2.30. The van der Waals surface area contributed by atoms with Gasteiger partial charge in [0.15, 0.2) is 5.13 Å². The molecule has 7 rings (SSSR count). The molecular formula is C38H36N6O4S. The van der Waals surface area contributed by atoms with Gasteiger partial charge in [-0.25, -0.2) is 9.78 Å². The van der Waals surface area contributed by atoms with Crippen molar-refractivity contribution in [1.29, 1.82) is 0 Å². The van der Waals surface area contributed by atoms with Gasteiger partial charge in [0.25, 0.3) is 5.91 Å². The molecule has 0 radical (unpaired) electrons. The number of aromatic amines is 1. The molecule has 0 saturated carbocycles. The molecule has 0 aliphatic carbocycles. The zero-order valence-corrected chi connectivity index (χ0v) is 27.4. The molecule has 1 fully saturated rings. The second-order valence-corrected chi connectivity index (χ2v) is 13.2. The Kier molecular flexibility index (Phi) is 9.47. The monoisotopic (exact) mass is 672 g/mol. The number of carbonyl (C=O) groups excluding carboxylic acids is 2. The smallest absolute Gasteiger partial charge is 0.321 e. The molecule has 1 aliphatic rings. The largest absolute Gasteiger partial charge is 0.388 e. The van der Waals surface area contributed by atoms with E-state index in [1.54, 1.807) is 45.8 Å². The van der Waals surface area contributed by atoms with E-state index >= 15 is 4.79 Å². The summed E-state index contributed by atoms with van der Waals surface area (Å²) in [5.74, 6) is -0.311. The number of fused-ring (bicyclic) bond motifs is 1. The van der Waals surface area contributed by atoms with Gasteiger partial charge in [0.1, 0.15) is 12.2 Å². The van der Waals surface area contributed by atoms with Crippen molar-refractivity contribution in [2.24, 2.45) is 0 Å². The minimum Gasteiger partial charge on any atom is -0.388 e. The first-order valence-electron chi connectivity index (χ1n) is 16.2. The molecule has 0 unspecified atom stereocenters. The van der Waals surface area contributed by atoms with Crippen LogP contribution in [0.25, 0.3) is 10.9 Å². The molecule has 4 aromatic carbocycles. The van der Waals surface area contributed by atoms with Crippen LogP contribution in [-0.4, -0.2) is 71.4 Å². The highest BCUT2D eigenvalue weighted by atomic mass is 32.1. The number of H-pyrrole nitrogens is 1. The third-order valence-electron chi connectivity index (χ3n) is 9.06. The molecule has 4 atom stereocenters. The van der Waals surface area contributed by atoms with Gasteiger partial charge in [-0.1, -0.05) is 78.9 Å². The van der Waals surface area contributed by atoms with Crippen molar-refractivity contribution in [2.45, 2.75) is 50.2 Å². The molecule has 49 heavy (non-hydrogen) atoms. The fourth-order valence-electron chi connectivity index (χ4n) is 6.56. The molecule has 3 heterocycles. The number of nitrogens with one attached hydrogen (secondary N) is 2. The Morgan fingerprint density at radius 1 is 0.776 bits per heavy atom. The molecule has 6 aromatic rings. The number of hydrogen-bond acceptors (Lipinski definition) is 7. The van der Waals surface area contributed by atoms with Crippen molar-refractivity contribution in [2.75, 3.05) is 5.32 Å². The molecule has 2 aromatic heterocycles. The Labute approximate surface area is 287 Å². The first kappa shape index (κ1) is 32.2. The quantitative estimate of drug-likeness (QED) is 0.149. The first-order chi connectivity index (χ1) is 23.9. The van der Waals surface area contributed by atoms with Gasteiger partial charge in [0, 0.05) is 35.6 Å². The molecule has 4 N–H and O–H groups in total. The Bertz CT molecular complexity index is 2020. The number of amides is 3.